The van der Waals surface area contributed by atoms with Crippen LogP contribution in [0.5, 0.6) is 0 Å². The number of nitrogens with zero attached hydrogens (tertiary/aromatic N) is 2. The van der Waals surface area contributed by atoms with Crippen molar-refractivity contribution in [2.24, 2.45) is 11.8 Å². The fourth-order valence-electron chi connectivity index (χ4n) is 3.90. The standard InChI is InChI=1S/C21H30N2O5S/c1-3-28-21(25)18-10-12-22(13-11-18)20(24)17-4-6-19(7-5-17)29(26,27)23-14-8-16(2)9-15-23/h4-7,16,18H,3,8-15H2,1-2H3. The van der Waals surface area contributed by atoms with Crippen molar-refractivity contribution in [3.8, 4) is 0 Å². The highest BCUT2D eigenvalue weighted by Gasteiger charge is 2.30. The summed E-state index contributed by atoms with van der Waals surface area (Å²) in [5.41, 5.74) is 0.464. The monoisotopic (exact) mass is 422 g/mol. The van der Waals surface area contributed by atoms with Crippen LogP contribution in [0.4, 0.5) is 0 Å². The van der Waals surface area contributed by atoms with Crippen LogP contribution in [0.3, 0.4) is 0 Å². The first kappa shape index (κ1) is 21.8. The molecule has 2 aliphatic rings. The molecule has 0 saturated carbocycles. The number of carbonyl (C=O) groups is 2. The van der Waals surface area contributed by atoms with Crippen LogP contribution < -0.4 is 0 Å². The van der Waals surface area contributed by atoms with Crippen molar-refractivity contribution < 1.29 is 22.7 Å². The molecule has 2 heterocycles. The van der Waals surface area contributed by atoms with Gasteiger partial charge in [-0.3, -0.25) is 9.59 Å². The van der Waals surface area contributed by atoms with Gasteiger partial charge in [-0.25, -0.2) is 8.42 Å². The second kappa shape index (κ2) is 9.26. The molecule has 1 aromatic carbocycles. The van der Waals surface area contributed by atoms with Crippen LogP contribution in [0, 0.1) is 11.8 Å². The minimum atomic E-state index is -3.52. The highest BCUT2D eigenvalue weighted by atomic mass is 32.2. The first-order valence-corrected chi connectivity index (χ1v) is 11.8. The molecule has 2 saturated heterocycles. The molecule has 0 radical (unpaired) electrons. The molecule has 160 valence electrons. The highest BCUT2D eigenvalue weighted by molar-refractivity contribution is 7.89. The molecule has 8 heteroatoms. The molecule has 0 unspecified atom stereocenters. The van der Waals surface area contributed by atoms with Gasteiger partial charge in [0, 0.05) is 31.7 Å². The SMILES string of the molecule is CCOC(=O)C1CCN(C(=O)c2ccc(S(=O)(=O)N3CCC(C)CC3)cc2)CC1. The summed E-state index contributed by atoms with van der Waals surface area (Å²) in [6, 6.07) is 6.20. The molecule has 0 aliphatic carbocycles. The molecule has 1 aromatic rings. The van der Waals surface area contributed by atoms with E-state index in [4.69, 9.17) is 4.74 Å². The molecule has 0 N–H and O–H groups in total. The number of carbonyl (C=O) groups excluding carboxylic acids is 2. The topological polar surface area (TPSA) is 84.0 Å². The van der Waals surface area contributed by atoms with Crippen molar-refractivity contribution in [1.29, 1.82) is 0 Å². The number of hydrogen-bond acceptors (Lipinski definition) is 5. The molecule has 0 atom stereocenters. The summed E-state index contributed by atoms with van der Waals surface area (Å²) in [7, 11) is -3.52. The summed E-state index contributed by atoms with van der Waals surface area (Å²) >= 11 is 0. The van der Waals surface area contributed by atoms with Crippen LogP contribution in [-0.2, 0) is 19.6 Å². The summed E-state index contributed by atoms with van der Waals surface area (Å²) < 4.78 is 32.2. The van der Waals surface area contributed by atoms with Gasteiger partial charge < -0.3 is 9.64 Å². The quantitative estimate of drug-likeness (QED) is 0.681. The number of amides is 1. The molecule has 1 amide bonds. The zero-order valence-electron chi connectivity index (χ0n) is 17.2. The Morgan fingerprint density at radius 2 is 1.59 bits per heavy atom. The van der Waals surface area contributed by atoms with Gasteiger partial charge in [-0.2, -0.15) is 4.31 Å². The van der Waals surface area contributed by atoms with Crippen molar-refractivity contribution in [3.63, 3.8) is 0 Å². The fraction of sp³-hybridized carbons (Fsp3) is 0.619. The predicted octanol–water partition coefficient (Wildman–Crippen LogP) is 2.52. The van der Waals surface area contributed by atoms with Gasteiger partial charge >= 0.3 is 5.97 Å². The Kier molecular flexibility index (Phi) is 6.95. The second-order valence-electron chi connectivity index (χ2n) is 7.93. The van der Waals surface area contributed by atoms with Crippen molar-refractivity contribution in [2.45, 2.75) is 44.4 Å². The number of hydrogen-bond donors (Lipinski definition) is 0. The fourth-order valence-corrected chi connectivity index (χ4v) is 5.37. The molecule has 0 aromatic heterocycles. The number of ether oxygens (including phenoxy) is 1. The van der Waals surface area contributed by atoms with Gasteiger partial charge in [-0.15, -0.1) is 0 Å². The van der Waals surface area contributed by atoms with Crippen molar-refractivity contribution in [1.82, 2.24) is 9.21 Å². The summed E-state index contributed by atoms with van der Waals surface area (Å²) in [4.78, 5) is 26.5. The summed E-state index contributed by atoms with van der Waals surface area (Å²) in [5, 5.41) is 0. The lowest BCUT2D eigenvalue weighted by atomic mass is 9.96. The number of rotatable bonds is 5. The number of benzene rings is 1. The average Bonchev–Trinajstić information content (AvgIpc) is 2.74. The van der Waals surface area contributed by atoms with Crippen molar-refractivity contribution in [2.75, 3.05) is 32.8 Å². The molecule has 0 spiro atoms. The maximum Gasteiger partial charge on any atom is 0.309 e. The normalized spacial score (nSPS) is 19.9. The second-order valence-corrected chi connectivity index (χ2v) is 9.87. The maximum atomic E-state index is 12.8. The lowest BCUT2D eigenvalue weighted by Crippen LogP contribution is -2.40. The zero-order valence-corrected chi connectivity index (χ0v) is 18.0. The summed E-state index contributed by atoms with van der Waals surface area (Å²) in [5.74, 6) is 0.0671. The molecule has 3 rings (SSSR count). The minimum Gasteiger partial charge on any atom is -0.466 e. The number of likely N-dealkylation sites (tertiary alicyclic amines) is 1. The van der Waals surface area contributed by atoms with E-state index in [2.05, 4.69) is 6.92 Å². The molecule has 0 bridgehead atoms. The third-order valence-electron chi connectivity index (χ3n) is 5.88. The molecule has 2 aliphatic heterocycles. The first-order valence-electron chi connectivity index (χ1n) is 10.4. The van der Waals surface area contributed by atoms with E-state index in [9.17, 15) is 18.0 Å². The van der Waals surface area contributed by atoms with E-state index in [1.54, 1.807) is 24.0 Å². The van der Waals surface area contributed by atoms with Crippen LogP contribution in [0.2, 0.25) is 0 Å². The van der Waals surface area contributed by atoms with Crippen LogP contribution in [0.25, 0.3) is 0 Å². The van der Waals surface area contributed by atoms with Gasteiger partial charge in [-0.05, 0) is 62.8 Å². The van der Waals surface area contributed by atoms with E-state index in [1.807, 2.05) is 0 Å². The lowest BCUT2D eigenvalue weighted by molar-refractivity contribution is -0.149. The van der Waals surface area contributed by atoms with E-state index in [0.717, 1.165) is 12.8 Å². The Morgan fingerprint density at radius 3 is 2.14 bits per heavy atom. The maximum absolute atomic E-state index is 12.8. The van der Waals surface area contributed by atoms with Gasteiger partial charge in [0.25, 0.3) is 5.91 Å². The van der Waals surface area contributed by atoms with E-state index < -0.39 is 10.0 Å². The number of sulfonamides is 1. The third kappa shape index (κ3) is 4.98. The van der Waals surface area contributed by atoms with Crippen molar-refractivity contribution >= 4 is 21.9 Å². The predicted molar refractivity (Wildman–Crippen MR) is 109 cm³/mol. The number of esters is 1. The lowest BCUT2D eigenvalue weighted by Gasteiger charge is -2.31. The van der Waals surface area contributed by atoms with Crippen LogP contribution >= 0.6 is 0 Å². The molecule has 2 fully saturated rings. The van der Waals surface area contributed by atoms with E-state index in [1.165, 1.54) is 16.4 Å². The van der Waals surface area contributed by atoms with Crippen molar-refractivity contribution in [3.05, 3.63) is 29.8 Å². The Labute approximate surface area is 173 Å². The van der Waals surface area contributed by atoms with Crippen LogP contribution in [0.1, 0.15) is 49.9 Å². The van der Waals surface area contributed by atoms with E-state index in [0.29, 0.717) is 57.1 Å². The average molecular weight is 423 g/mol. The molecule has 7 nitrogen and oxygen atoms in total. The zero-order chi connectivity index (χ0) is 21.0. The Bertz CT molecular complexity index is 821. The summed E-state index contributed by atoms with van der Waals surface area (Å²) in [6.45, 7) is 6.36. The van der Waals surface area contributed by atoms with Gasteiger partial charge in [0.05, 0.1) is 17.4 Å². The molecular formula is C21H30N2O5S. The minimum absolute atomic E-state index is 0.136. The van der Waals surface area contributed by atoms with Gasteiger partial charge in [0.1, 0.15) is 0 Å². The first-order chi connectivity index (χ1) is 13.8. The van der Waals surface area contributed by atoms with Gasteiger partial charge in [0.15, 0.2) is 0 Å². The van der Waals surface area contributed by atoms with Crippen LogP contribution in [-0.4, -0.2) is 62.3 Å². The summed E-state index contributed by atoms with van der Waals surface area (Å²) in [6.07, 6.45) is 2.92. The Balaban J connectivity index is 1.61. The van der Waals surface area contributed by atoms with E-state index in [-0.39, 0.29) is 22.7 Å². The largest absolute Gasteiger partial charge is 0.466 e. The Morgan fingerprint density at radius 1 is 1.00 bits per heavy atom. The smallest absolute Gasteiger partial charge is 0.309 e. The van der Waals surface area contributed by atoms with E-state index >= 15 is 0 Å². The molecule has 29 heavy (non-hydrogen) atoms. The Hall–Kier alpha value is -1.93. The van der Waals surface area contributed by atoms with Gasteiger partial charge in [-0.1, -0.05) is 6.92 Å². The molecular weight excluding hydrogens is 392 g/mol. The number of piperidine rings is 2. The van der Waals surface area contributed by atoms with Gasteiger partial charge in [0.2, 0.25) is 10.0 Å². The highest BCUT2D eigenvalue weighted by Crippen LogP contribution is 2.25. The third-order valence-corrected chi connectivity index (χ3v) is 7.80. The van der Waals surface area contributed by atoms with Crippen LogP contribution in [0.15, 0.2) is 29.2 Å².